The minimum atomic E-state index is 0.198. The molecule has 0 aromatic heterocycles. The summed E-state index contributed by atoms with van der Waals surface area (Å²) in [7, 11) is 1.67. The highest BCUT2D eigenvalue weighted by atomic mass is 16.5. The normalized spacial score (nSPS) is 19.1. The summed E-state index contributed by atoms with van der Waals surface area (Å²) in [5.74, 6) is 1.09. The van der Waals surface area contributed by atoms with E-state index in [1.54, 1.807) is 7.11 Å². The SMILES string of the molecule is COc1ccc(C2CCCCCN2C(=O)CCCN)cc1. The number of amides is 1. The van der Waals surface area contributed by atoms with E-state index in [9.17, 15) is 4.79 Å². The number of hydrogen-bond acceptors (Lipinski definition) is 3. The average molecular weight is 290 g/mol. The molecule has 1 saturated heterocycles. The van der Waals surface area contributed by atoms with Crippen LogP contribution in [-0.4, -0.2) is 31.0 Å². The Hall–Kier alpha value is -1.55. The van der Waals surface area contributed by atoms with Crippen molar-refractivity contribution < 1.29 is 9.53 Å². The van der Waals surface area contributed by atoms with Gasteiger partial charge in [0.15, 0.2) is 0 Å². The number of methoxy groups -OCH3 is 1. The third kappa shape index (κ3) is 4.21. The molecular weight excluding hydrogens is 264 g/mol. The lowest BCUT2D eigenvalue weighted by Gasteiger charge is -2.30. The van der Waals surface area contributed by atoms with Gasteiger partial charge in [-0.25, -0.2) is 0 Å². The van der Waals surface area contributed by atoms with E-state index < -0.39 is 0 Å². The highest BCUT2D eigenvalue weighted by Gasteiger charge is 2.26. The molecule has 21 heavy (non-hydrogen) atoms. The maximum absolute atomic E-state index is 12.5. The van der Waals surface area contributed by atoms with Gasteiger partial charge in [0, 0.05) is 13.0 Å². The lowest BCUT2D eigenvalue weighted by molar-refractivity contribution is -0.133. The largest absolute Gasteiger partial charge is 0.497 e. The van der Waals surface area contributed by atoms with Gasteiger partial charge in [-0.15, -0.1) is 0 Å². The van der Waals surface area contributed by atoms with E-state index in [4.69, 9.17) is 10.5 Å². The maximum atomic E-state index is 12.5. The van der Waals surface area contributed by atoms with Crippen molar-refractivity contribution in [3.8, 4) is 5.75 Å². The Labute approximate surface area is 127 Å². The van der Waals surface area contributed by atoms with Crippen molar-refractivity contribution in [2.24, 2.45) is 5.73 Å². The molecule has 0 radical (unpaired) electrons. The third-order valence-electron chi connectivity index (χ3n) is 4.17. The molecule has 2 rings (SSSR count). The molecule has 1 fully saturated rings. The zero-order valence-corrected chi connectivity index (χ0v) is 12.9. The van der Waals surface area contributed by atoms with Gasteiger partial charge in [-0.2, -0.15) is 0 Å². The van der Waals surface area contributed by atoms with E-state index >= 15 is 0 Å². The lowest BCUT2D eigenvalue weighted by Crippen LogP contribution is -2.35. The van der Waals surface area contributed by atoms with Gasteiger partial charge in [0.1, 0.15) is 5.75 Å². The third-order valence-corrected chi connectivity index (χ3v) is 4.17. The van der Waals surface area contributed by atoms with E-state index in [0.29, 0.717) is 13.0 Å². The molecule has 1 atom stereocenters. The first-order valence-electron chi connectivity index (χ1n) is 7.89. The summed E-state index contributed by atoms with van der Waals surface area (Å²) < 4.78 is 5.21. The molecular formula is C17H26N2O2. The number of nitrogens with zero attached hydrogens (tertiary/aromatic N) is 1. The lowest BCUT2D eigenvalue weighted by atomic mass is 10.00. The summed E-state index contributed by atoms with van der Waals surface area (Å²) in [5.41, 5.74) is 6.74. The second kappa shape index (κ2) is 8.03. The first-order valence-corrected chi connectivity index (χ1v) is 7.89. The van der Waals surface area contributed by atoms with Crippen molar-refractivity contribution in [2.75, 3.05) is 20.2 Å². The Bertz CT molecular complexity index is 445. The van der Waals surface area contributed by atoms with Gasteiger partial charge in [-0.3, -0.25) is 4.79 Å². The van der Waals surface area contributed by atoms with Crippen molar-refractivity contribution in [1.82, 2.24) is 4.90 Å². The second-order valence-corrected chi connectivity index (χ2v) is 5.62. The molecule has 116 valence electrons. The molecule has 1 aliphatic heterocycles. The first kappa shape index (κ1) is 15.8. The predicted molar refractivity (Wildman–Crippen MR) is 84.2 cm³/mol. The number of benzene rings is 1. The first-order chi connectivity index (χ1) is 10.3. The van der Waals surface area contributed by atoms with Crippen LogP contribution < -0.4 is 10.5 Å². The molecule has 4 nitrogen and oxygen atoms in total. The van der Waals surface area contributed by atoms with Gasteiger partial charge in [0.05, 0.1) is 13.2 Å². The van der Waals surface area contributed by atoms with E-state index in [1.807, 2.05) is 12.1 Å². The molecule has 2 N–H and O–H groups in total. The minimum absolute atomic E-state index is 0.198. The molecule has 1 amide bonds. The highest BCUT2D eigenvalue weighted by Crippen LogP contribution is 2.31. The van der Waals surface area contributed by atoms with Crippen LogP contribution in [0.4, 0.5) is 0 Å². The number of carbonyl (C=O) groups excluding carboxylic acids is 1. The number of hydrogen-bond donors (Lipinski definition) is 1. The van der Waals surface area contributed by atoms with Crippen molar-refractivity contribution in [2.45, 2.75) is 44.6 Å². The van der Waals surface area contributed by atoms with Crippen molar-refractivity contribution in [3.63, 3.8) is 0 Å². The fourth-order valence-corrected chi connectivity index (χ4v) is 2.98. The van der Waals surface area contributed by atoms with E-state index in [-0.39, 0.29) is 11.9 Å². The molecule has 4 heteroatoms. The van der Waals surface area contributed by atoms with Crippen LogP contribution in [-0.2, 0) is 4.79 Å². The number of rotatable bonds is 5. The van der Waals surface area contributed by atoms with Crippen LogP contribution in [0.1, 0.15) is 50.1 Å². The Kier molecular flexibility index (Phi) is 6.05. The number of nitrogens with two attached hydrogens (primary N) is 1. The molecule has 1 aromatic carbocycles. The quantitative estimate of drug-likeness (QED) is 0.907. The zero-order chi connectivity index (χ0) is 15.1. The minimum Gasteiger partial charge on any atom is -0.497 e. The standard InChI is InChI=1S/C17H26N2O2/c1-21-15-10-8-14(9-11-15)16-6-3-2-4-13-19(16)17(20)7-5-12-18/h8-11,16H,2-7,12-13,18H2,1H3. The Balaban J connectivity index is 2.15. The highest BCUT2D eigenvalue weighted by molar-refractivity contribution is 5.76. The van der Waals surface area contributed by atoms with E-state index in [0.717, 1.165) is 31.6 Å². The topological polar surface area (TPSA) is 55.6 Å². The predicted octanol–water partition coefficient (Wildman–Crippen LogP) is 2.88. The van der Waals surface area contributed by atoms with Crippen LogP contribution in [0.25, 0.3) is 0 Å². The van der Waals surface area contributed by atoms with E-state index in [2.05, 4.69) is 17.0 Å². The monoisotopic (exact) mass is 290 g/mol. The van der Waals surface area contributed by atoms with Crippen LogP contribution in [0, 0.1) is 0 Å². The summed E-state index contributed by atoms with van der Waals surface area (Å²) in [4.78, 5) is 14.5. The smallest absolute Gasteiger partial charge is 0.223 e. The number of ether oxygens (including phenoxy) is 1. The molecule has 0 spiro atoms. The van der Waals surface area contributed by atoms with E-state index in [1.165, 1.54) is 18.4 Å². The summed E-state index contributed by atoms with van der Waals surface area (Å²) in [6.07, 6.45) is 5.85. The van der Waals surface area contributed by atoms with Gasteiger partial charge in [0.25, 0.3) is 0 Å². The van der Waals surface area contributed by atoms with Crippen LogP contribution in [0.5, 0.6) is 5.75 Å². The second-order valence-electron chi connectivity index (χ2n) is 5.62. The average Bonchev–Trinajstić information content (AvgIpc) is 2.78. The van der Waals surface area contributed by atoms with Crippen LogP contribution >= 0.6 is 0 Å². The zero-order valence-electron chi connectivity index (χ0n) is 12.9. The fourth-order valence-electron chi connectivity index (χ4n) is 2.98. The number of carbonyl (C=O) groups is 1. The van der Waals surface area contributed by atoms with Gasteiger partial charge < -0.3 is 15.4 Å². The molecule has 0 aliphatic carbocycles. The Morgan fingerprint density at radius 3 is 2.71 bits per heavy atom. The Morgan fingerprint density at radius 2 is 2.05 bits per heavy atom. The molecule has 1 unspecified atom stereocenters. The van der Waals surface area contributed by atoms with Crippen LogP contribution in [0.3, 0.4) is 0 Å². The van der Waals surface area contributed by atoms with Gasteiger partial charge >= 0.3 is 0 Å². The van der Waals surface area contributed by atoms with Gasteiger partial charge in [-0.1, -0.05) is 25.0 Å². The maximum Gasteiger partial charge on any atom is 0.223 e. The molecule has 1 aliphatic rings. The van der Waals surface area contributed by atoms with Crippen LogP contribution in [0.2, 0.25) is 0 Å². The van der Waals surface area contributed by atoms with Gasteiger partial charge in [-0.05, 0) is 43.5 Å². The molecule has 1 aromatic rings. The molecule has 1 heterocycles. The van der Waals surface area contributed by atoms with Crippen LogP contribution in [0.15, 0.2) is 24.3 Å². The molecule has 0 bridgehead atoms. The van der Waals surface area contributed by atoms with Crippen molar-refractivity contribution >= 4 is 5.91 Å². The summed E-state index contributed by atoms with van der Waals surface area (Å²) >= 11 is 0. The summed E-state index contributed by atoms with van der Waals surface area (Å²) in [5, 5.41) is 0. The van der Waals surface area contributed by atoms with Gasteiger partial charge in [0.2, 0.25) is 5.91 Å². The summed E-state index contributed by atoms with van der Waals surface area (Å²) in [6, 6.07) is 8.31. The van der Waals surface area contributed by atoms with Crippen molar-refractivity contribution in [1.29, 1.82) is 0 Å². The number of likely N-dealkylation sites (tertiary alicyclic amines) is 1. The molecule has 0 saturated carbocycles. The van der Waals surface area contributed by atoms with Crippen molar-refractivity contribution in [3.05, 3.63) is 29.8 Å². The Morgan fingerprint density at radius 1 is 1.29 bits per heavy atom. The fraction of sp³-hybridized carbons (Fsp3) is 0.588. The summed E-state index contributed by atoms with van der Waals surface area (Å²) in [6.45, 7) is 1.44.